The number of aromatic nitrogens is 1. The molecule has 0 aliphatic carbocycles. The Labute approximate surface area is 242 Å². The van der Waals surface area contributed by atoms with Crippen molar-refractivity contribution in [2.24, 2.45) is 0 Å². The zero-order chi connectivity index (χ0) is 28.4. The largest absolute Gasteiger partial charge is 0.397 e. The third kappa shape index (κ3) is 5.57. The predicted molar refractivity (Wildman–Crippen MR) is 166 cm³/mol. The number of rotatable bonds is 7. The highest BCUT2D eigenvalue weighted by Gasteiger charge is 2.27. The molecule has 202 valence electrons. The van der Waals surface area contributed by atoms with E-state index in [1.807, 2.05) is 74.5 Å². The third-order valence-electron chi connectivity index (χ3n) is 6.80. The first-order valence-corrected chi connectivity index (χ1v) is 14.1. The minimum atomic E-state index is -0.303. The summed E-state index contributed by atoms with van der Waals surface area (Å²) in [7, 11) is 0. The lowest BCUT2D eigenvalue weighted by Gasteiger charge is -2.16. The van der Waals surface area contributed by atoms with Crippen molar-refractivity contribution >= 4 is 56.3 Å². The molecule has 0 saturated carbocycles. The number of nitrogens with one attached hydrogen (secondary N) is 2. The van der Waals surface area contributed by atoms with Gasteiger partial charge in [0, 0.05) is 28.2 Å². The molecule has 0 spiro atoms. The number of carbonyl (C=O) groups is 2. The first-order valence-electron chi connectivity index (χ1n) is 12.9. The van der Waals surface area contributed by atoms with Gasteiger partial charge in [-0.15, -0.1) is 11.3 Å². The Kier molecular flexibility index (Phi) is 7.87. The number of fused-ring (bicyclic) bond motifs is 1. The summed E-state index contributed by atoms with van der Waals surface area (Å²) in [5, 5.41) is 7.18. The zero-order valence-corrected chi connectivity index (χ0v) is 24.0. The molecule has 5 rings (SSSR count). The van der Waals surface area contributed by atoms with Gasteiger partial charge in [0.15, 0.2) is 0 Å². The van der Waals surface area contributed by atoms with E-state index in [2.05, 4.69) is 10.6 Å². The van der Waals surface area contributed by atoms with Gasteiger partial charge in [0.25, 0.3) is 11.8 Å². The minimum absolute atomic E-state index is 0.266. The van der Waals surface area contributed by atoms with Crippen LogP contribution in [-0.4, -0.2) is 23.3 Å². The van der Waals surface area contributed by atoms with Crippen molar-refractivity contribution in [3.8, 4) is 11.1 Å². The number of hydrogen-bond acceptors (Lipinski definition) is 5. The molecule has 0 radical (unpaired) electrons. The van der Waals surface area contributed by atoms with Crippen molar-refractivity contribution in [3.63, 3.8) is 0 Å². The van der Waals surface area contributed by atoms with Crippen LogP contribution in [0.15, 0.2) is 72.8 Å². The molecule has 0 aliphatic rings. The summed E-state index contributed by atoms with van der Waals surface area (Å²) >= 11 is 7.42. The van der Waals surface area contributed by atoms with Gasteiger partial charge in [-0.1, -0.05) is 71.8 Å². The fraction of sp³-hybridized carbons (Fsp3) is 0.156. The average molecular weight is 569 g/mol. The molecule has 0 atom stereocenters. The van der Waals surface area contributed by atoms with E-state index < -0.39 is 0 Å². The van der Waals surface area contributed by atoms with Gasteiger partial charge in [-0.25, -0.2) is 4.98 Å². The summed E-state index contributed by atoms with van der Waals surface area (Å²) in [5.74, 6) is -0.569. The first-order chi connectivity index (χ1) is 19.2. The van der Waals surface area contributed by atoms with Crippen molar-refractivity contribution in [2.75, 3.05) is 17.6 Å². The van der Waals surface area contributed by atoms with Crippen LogP contribution in [0.1, 0.15) is 42.4 Å². The van der Waals surface area contributed by atoms with E-state index in [9.17, 15) is 9.59 Å². The Balaban J connectivity index is 1.57. The van der Waals surface area contributed by atoms with Gasteiger partial charge >= 0.3 is 0 Å². The van der Waals surface area contributed by atoms with E-state index in [0.29, 0.717) is 61.3 Å². The number of carbonyl (C=O) groups excluding carboxylic acids is 2. The summed E-state index contributed by atoms with van der Waals surface area (Å²) in [4.78, 5) is 32.7. The number of pyridine rings is 1. The number of nitrogens with zero attached hydrogens (tertiary/aromatic N) is 1. The lowest BCUT2D eigenvalue weighted by Crippen LogP contribution is -2.25. The number of amides is 2. The van der Waals surface area contributed by atoms with Crippen molar-refractivity contribution < 1.29 is 9.59 Å². The smallest absolute Gasteiger partial charge is 0.263 e. The molecular formula is C32H29ClN4O2S. The molecule has 6 nitrogen and oxygen atoms in total. The highest BCUT2D eigenvalue weighted by Crippen LogP contribution is 2.42. The Morgan fingerprint density at radius 2 is 1.68 bits per heavy atom. The van der Waals surface area contributed by atoms with Gasteiger partial charge in [0.05, 0.1) is 16.9 Å². The average Bonchev–Trinajstić information content (AvgIpc) is 3.26. The quantitative estimate of drug-likeness (QED) is 0.191. The van der Waals surface area contributed by atoms with Crippen LogP contribution in [0, 0.1) is 20.8 Å². The highest BCUT2D eigenvalue weighted by molar-refractivity contribution is 7.21. The van der Waals surface area contributed by atoms with Crippen LogP contribution < -0.4 is 16.4 Å². The van der Waals surface area contributed by atoms with Gasteiger partial charge < -0.3 is 16.4 Å². The second-order valence-corrected chi connectivity index (χ2v) is 11.2. The number of hydrogen-bond donors (Lipinski definition) is 3. The lowest BCUT2D eigenvalue weighted by atomic mass is 9.94. The fourth-order valence-corrected chi connectivity index (χ4v) is 5.99. The minimum Gasteiger partial charge on any atom is -0.397 e. The van der Waals surface area contributed by atoms with Gasteiger partial charge in [-0.05, 0) is 62.1 Å². The Morgan fingerprint density at radius 3 is 2.38 bits per heavy atom. The second-order valence-electron chi connectivity index (χ2n) is 9.74. The Morgan fingerprint density at radius 1 is 0.950 bits per heavy atom. The van der Waals surface area contributed by atoms with Gasteiger partial charge in [-0.3, -0.25) is 9.59 Å². The molecule has 40 heavy (non-hydrogen) atoms. The molecule has 3 aromatic carbocycles. The molecule has 0 saturated heterocycles. The molecule has 0 bridgehead atoms. The van der Waals surface area contributed by atoms with E-state index in [1.165, 1.54) is 11.3 Å². The lowest BCUT2D eigenvalue weighted by molar-refractivity contribution is 0.0958. The molecule has 8 heteroatoms. The summed E-state index contributed by atoms with van der Waals surface area (Å²) in [6.07, 6.45) is 0.702. The monoisotopic (exact) mass is 568 g/mol. The number of thiophene rings is 1. The number of halogens is 1. The van der Waals surface area contributed by atoms with E-state index in [0.717, 1.165) is 22.3 Å². The third-order valence-corrected chi connectivity index (χ3v) is 8.15. The van der Waals surface area contributed by atoms with Crippen LogP contribution in [-0.2, 0) is 6.42 Å². The van der Waals surface area contributed by atoms with E-state index in [1.54, 1.807) is 19.1 Å². The molecule has 5 aromatic rings. The van der Waals surface area contributed by atoms with Crippen molar-refractivity contribution in [1.82, 2.24) is 10.3 Å². The zero-order valence-electron chi connectivity index (χ0n) is 22.5. The van der Waals surface area contributed by atoms with E-state index >= 15 is 0 Å². The molecule has 0 fully saturated rings. The predicted octanol–water partition coefficient (Wildman–Crippen LogP) is 7.35. The van der Waals surface area contributed by atoms with Crippen LogP contribution in [0.5, 0.6) is 0 Å². The van der Waals surface area contributed by atoms with Gasteiger partial charge in [0.1, 0.15) is 9.71 Å². The molecular weight excluding hydrogens is 540 g/mol. The maximum absolute atomic E-state index is 13.8. The number of nitrogen functional groups attached to an aromatic ring is 1. The van der Waals surface area contributed by atoms with E-state index in [-0.39, 0.29) is 11.8 Å². The fourth-order valence-electron chi connectivity index (χ4n) is 4.80. The van der Waals surface area contributed by atoms with Crippen molar-refractivity contribution in [3.05, 3.63) is 111 Å². The second kappa shape index (κ2) is 11.5. The molecule has 2 amide bonds. The molecule has 4 N–H and O–H groups in total. The maximum Gasteiger partial charge on any atom is 0.263 e. The van der Waals surface area contributed by atoms with Crippen molar-refractivity contribution in [2.45, 2.75) is 27.2 Å². The number of aryl methyl sites for hydroxylation is 3. The van der Waals surface area contributed by atoms with Crippen LogP contribution in [0.2, 0.25) is 5.02 Å². The maximum atomic E-state index is 13.8. The summed E-state index contributed by atoms with van der Waals surface area (Å²) < 4.78 is 0. The van der Waals surface area contributed by atoms with Crippen LogP contribution >= 0.6 is 22.9 Å². The standard InChI is InChI=1S/C32H29ClN4O2S/c1-18-9-14-24(19(2)17-18)37-30(38)25-20(3)36-32-27(26(25)22-10-12-23(33)13-11-22)28(34)29(40-32)31(39)35-16-15-21-7-5-4-6-8-21/h4-14,17H,15-16,34H2,1-3H3,(H,35,39)(H,37,38). The van der Waals surface area contributed by atoms with E-state index in [4.69, 9.17) is 22.3 Å². The van der Waals surface area contributed by atoms with Crippen LogP contribution in [0.3, 0.4) is 0 Å². The SMILES string of the molecule is Cc1ccc(NC(=O)c2c(C)nc3sc(C(=O)NCCc4ccccc4)c(N)c3c2-c2ccc(Cl)cc2)c(C)c1. The summed E-state index contributed by atoms with van der Waals surface area (Å²) in [6.45, 7) is 6.23. The molecule has 0 unspecified atom stereocenters. The number of benzene rings is 3. The number of anilines is 2. The summed E-state index contributed by atoms with van der Waals surface area (Å²) in [5.41, 5.74) is 13.2. The van der Waals surface area contributed by atoms with Gasteiger partial charge in [0.2, 0.25) is 0 Å². The van der Waals surface area contributed by atoms with Gasteiger partial charge in [-0.2, -0.15) is 0 Å². The number of nitrogens with two attached hydrogens (primary N) is 1. The van der Waals surface area contributed by atoms with Crippen molar-refractivity contribution in [1.29, 1.82) is 0 Å². The van der Waals surface area contributed by atoms with Crippen LogP contribution in [0.25, 0.3) is 21.3 Å². The summed E-state index contributed by atoms with van der Waals surface area (Å²) in [6, 6.07) is 23.1. The first kappa shape index (κ1) is 27.4. The van der Waals surface area contributed by atoms with Crippen LogP contribution in [0.4, 0.5) is 11.4 Å². The molecule has 0 aliphatic heterocycles. The molecule has 2 aromatic heterocycles. The Hall–Kier alpha value is -4.20. The molecule has 2 heterocycles. The normalized spacial score (nSPS) is 11.0. The topological polar surface area (TPSA) is 97.1 Å². The Bertz CT molecular complexity index is 1730. The highest BCUT2D eigenvalue weighted by atomic mass is 35.5.